The number of azo groups is 1. The average molecular weight is 386 g/mol. The van der Waals surface area contributed by atoms with Gasteiger partial charge in [-0.3, -0.25) is 0 Å². The molecular weight excluding hydrogens is 364 g/mol. The van der Waals surface area contributed by atoms with E-state index in [1.807, 2.05) is 0 Å². The number of carbonyl (C=O) groups excluding carboxylic acids is 2. The smallest absolute Gasteiger partial charge is 0.415 e. The molecule has 0 spiro atoms. The van der Waals surface area contributed by atoms with Gasteiger partial charge in [-0.2, -0.15) is 0 Å². The summed E-state index contributed by atoms with van der Waals surface area (Å²) in [4.78, 5) is 25.5. The van der Waals surface area contributed by atoms with Crippen LogP contribution in [0.2, 0.25) is 0 Å². The predicted octanol–water partition coefficient (Wildman–Crippen LogP) is 3.68. The first-order valence-corrected chi connectivity index (χ1v) is 8.71. The fourth-order valence-corrected chi connectivity index (χ4v) is 2.22. The van der Waals surface area contributed by atoms with Crippen molar-refractivity contribution in [3.05, 3.63) is 54.6 Å². The van der Waals surface area contributed by atoms with Gasteiger partial charge in [-0.1, -0.05) is 30.3 Å². The molecule has 28 heavy (non-hydrogen) atoms. The standard InChI is InChI=1S/C20H22N2O6/c1-4-26-18(23)20(19(24)27-5-2,28-15-11-7-6-8-12-15)22-21-16-13-9-10-14-17(16)25-3/h6-14H,4-5H2,1-3H3. The van der Waals surface area contributed by atoms with Crippen LogP contribution in [-0.4, -0.2) is 38.0 Å². The minimum atomic E-state index is -2.45. The van der Waals surface area contributed by atoms with Crippen molar-refractivity contribution in [3.8, 4) is 11.5 Å². The van der Waals surface area contributed by atoms with Gasteiger partial charge < -0.3 is 18.9 Å². The lowest BCUT2D eigenvalue weighted by atomic mass is 10.2. The van der Waals surface area contributed by atoms with Crippen LogP contribution in [0.3, 0.4) is 0 Å². The molecule has 148 valence electrons. The maximum absolute atomic E-state index is 12.7. The van der Waals surface area contributed by atoms with Gasteiger partial charge in [0.05, 0.1) is 20.3 Å². The first kappa shape index (κ1) is 20.9. The first-order valence-electron chi connectivity index (χ1n) is 8.71. The molecular formula is C20H22N2O6. The van der Waals surface area contributed by atoms with Crippen LogP contribution in [0.1, 0.15) is 13.8 Å². The SMILES string of the molecule is CCOC(=O)C(N=Nc1ccccc1OC)(Oc1ccccc1)C(=O)OCC. The van der Waals surface area contributed by atoms with Gasteiger partial charge in [-0.15, -0.1) is 10.2 Å². The Morgan fingerprint density at radius 2 is 1.46 bits per heavy atom. The fraction of sp³-hybridized carbons (Fsp3) is 0.300. The van der Waals surface area contributed by atoms with E-state index in [1.54, 1.807) is 68.4 Å². The van der Waals surface area contributed by atoms with Crippen molar-refractivity contribution in [2.75, 3.05) is 20.3 Å². The van der Waals surface area contributed by atoms with Gasteiger partial charge in [-0.25, -0.2) is 9.59 Å². The van der Waals surface area contributed by atoms with Crippen molar-refractivity contribution in [2.24, 2.45) is 10.2 Å². The van der Waals surface area contributed by atoms with Crippen molar-refractivity contribution in [1.82, 2.24) is 0 Å². The maximum atomic E-state index is 12.7. The van der Waals surface area contributed by atoms with E-state index in [2.05, 4.69) is 10.2 Å². The van der Waals surface area contributed by atoms with Crippen LogP contribution in [0.15, 0.2) is 64.8 Å². The number of ether oxygens (including phenoxy) is 4. The quantitative estimate of drug-likeness (QED) is 0.371. The molecule has 0 aliphatic heterocycles. The molecule has 8 heteroatoms. The van der Waals surface area contributed by atoms with E-state index >= 15 is 0 Å². The number of rotatable bonds is 9. The lowest BCUT2D eigenvalue weighted by Crippen LogP contribution is -2.52. The summed E-state index contributed by atoms with van der Waals surface area (Å²) < 4.78 is 21.0. The summed E-state index contributed by atoms with van der Waals surface area (Å²) >= 11 is 0. The molecule has 2 aromatic carbocycles. The Balaban J connectivity index is 2.55. The van der Waals surface area contributed by atoms with E-state index in [-0.39, 0.29) is 19.0 Å². The summed E-state index contributed by atoms with van der Waals surface area (Å²) in [5.74, 6) is -1.43. The molecule has 0 bridgehead atoms. The Kier molecular flexibility index (Phi) is 7.50. The monoisotopic (exact) mass is 386 g/mol. The van der Waals surface area contributed by atoms with Crippen LogP contribution in [-0.2, 0) is 19.1 Å². The van der Waals surface area contributed by atoms with E-state index in [0.29, 0.717) is 11.4 Å². The van der Waals surface area contributed by atoms with Crippen molar-refractivity contribution in [3.63, 3.8) is 0 Å². The van der Waals surface area contributed by atoms with Gasteiger partial charge in [0, 0.05) is 0 Å². The number of para-hydroxylation sites is 2. The minimum absolute atomic E-state index is 0.0162. The molecule has 8 nitrogen and oxygen atoms in total. The molecule has 0 atom stereocenters. The Bertz CT molecular complexity index is 804. The first-order chi connectivity index (χ1) is 13.6. The largest absolute Gasteiger partial charge is 0.494 e. The summed E-state index contributed by atoms with van der Waals surface area (Å²) in [6.07, 6.45) is 0. The highest BCUT2D eigenvalue weighted by Gasteiger charge is 2.53. The normalized spacial score (nSPS) is 11.1. The molecule has 2 aromatic rings. The molecule has 0 saturated carbocycles. The lowest BCUT2D eigenvalue weighted by Gasteiger charge is -2.25. The summed E-state index contributed by atoms with van der Waals surface area (Å²) in [7, 11) is 1.47. The molecule has 0 amide bonds. The van der Waals surface area contributed by atoms with Gasteiger partial charge in [0.1, 0.15) is 17.2 Å². The van der Waals surface area contributed by atoms with Gasteiger partial charge in [0.2, 0.25) is 0 Å². The van der Waals surface area contributed by atoms with Gasteiger partial charge >= 0.3 is 17.7 Å². The summed E-state index contributed by atoms with van der Waals surface area (Å²) in [5.41, 5.74) is -2.14. The molecule has 0 unspecified atom stereocenters. The Morgan fingerprint density at radius 3 is 2.04 bits per heavy atom. The second kappa shape index (κ2) is 10.1. The van der Waals surface area contributed by atoms with E-state index in [1.165, 1.54) is 7.11 Å². The molecule has 0 N–H and O–H groups in total. The van der Waals surface area contributed by atoms with E-state index < -0.39 is 17.7 Å². The van der Waals surface area contributed by atoms with Crippen LogP contribution in [0.4, 0.5) is 5.69 Å². The Labute approximate surface area is 163 Å². The second-order valence-corrected chi connectivity index (χ2v) is 5.37. The number of benzene rings is 2. The second-order valence-electron chi connectivity index (χ2n) is 5.37. The number of methoxy groups -OCH3 is 1. The number of hydrogen-bond donors (Lipinski definition) is 0. The molecule has 0 saturated heterocycles. The molecule has 0 aliphatic carbocycles. The van der Waals surface area contributed by atoms with Crippen molar-refractivity contribution >= 4 is 17.6 Å². The van der Waals surface area contributed by atoms with Crippen molar-refractivity contribution in [2.45, 2.75) is 19.6 Å². The van der Waals surface area contributed by atoms with Gasteiger partial charge in [-0.05, 0) is 38.1 Å². The van der Waals surface area contributed by atoms with Crippen molar-refractivity contribution < 1.29 is 28.5 Å². The Morgan fingerprint density at radius 1 is 0.893 bits per heavy atom. The van der Waals surface area contributed by atoms with Gasteiger partial charge in [0.15, 0.2) is 0 Å². The maximum Gasteiger partial charge on any atom is 0.415 e. The zero-order valence-corrected chi connectivity index (χ0v) is 16.0. The van der Waals surface area contributed by atoms with Gasteiger partial charge in [0.25, 0.3) is 0 Å². The van der Waals surface area contributed by atoms with Crippen LogP contribution >= 0.6 is 0 Å². The summed E-state index contributed by atoms with van der Waals surface area (Å²) in [6, 6.07) is 15.0. The lowest BCUT2D eigenvalue weighted by molar-refractivity contribution is -0.179. The molecule has 0 aliphatic rings. The molecule has 0 heterocycles. The van der Waals surface area contributed by atoms with E-state index in [9.17, 15) is 9.59 Å². The van der Waals surface area contributed by atoms with Crippen molar-refractivity contribution in [1.29, 1.82) is 0 Å². The number of carbonyl (C=O) groups is 2. The Hall–Kier alpha value is -3.42. The van der Waals surface area contributed by atoms with Crippen LogP contribution < -0.4 is 9.47 Å². The molecule has 0 radical (unpaired) electrons. The fourth-order valence-electron chi connectivity index (χ4n) is 2.22. The van der Waals surface area contributed by atoms with E-state index in [0.717, 1.165) is 0 Å². The highest BCUT2D eigenvalue weighted by atomic mass is 16.6. The minimum Gasteiger partial charge on any atom is -0.494 e. The molecule has 0 aromatic heterocycles. The summed E-state index contributed by atoms with van der Waals surface area (Å²) in [5, 5.41) is 7.97. The average Bonchev–Trinajstić information content (AvgIpc) is 2.72. The number of nitrogens with zero attached hydrogens (tertiary/aromatic N) is 2. The molecule has 2 rings (SSSR count). The number of esters is 2. The van der Waals surface area contributed by atoms with Crippen LogP contribution in [0.25, 0.3) is 0 Å². The number of hydrogen-bond acceptors (Lipinski definition) is 8. The topological polar surface area (TPSA) is 95.8 Å². The molecule has 0 fully saturated rings. The van der Waals surface area contributed by atoms with Crippen LogP contribution in [0.5, 0.6) is 11.5 Å². The third kappa shape index (κ3) is 4.85. The van der Waals surface area contributed by atoms with E-state index in [4.69, 9.17) is 18.9 Å². The third-order valence-corrected chi connectivity index (χ3v) is 3.50. The zero-order valence-electron chi connectivity index (χ0n) is 16.0. The predicted molar refractivity (Wildman–Crippen MR) is 101 cm³/mol. The third-order valence-electron chi connectivity index (χ3n) is 3.50. The summed E-state index contributed by atoms with van der Waals surface area (Å²) in [6.45, 7) is 3.24. The highest BCUT2D eigenvalue weighted by Crippen LogP contribution is 2.30. The highest BCUT2D eigenvalue weighted by molar-refractivity contribution is 6.03. The van der Waals surface area contributed by atoms with Crippen LogP contribution in [0, 0.1) is 0 Å². The zero-order chi connectivity index (χ0) is 20.4.